The minimum atomic E-state index is -0.460. The molecule has 0 saturated carbocycles. The second kappa shape index (κ2) is 7.87. The van der Waals surface area contributed by atoms with Crippen LogP contribution in [0, 0.1) is 5.82 Å². The van der Waals surface area contributed by atoms with Crippen LogP contribution < -0.4 is 10.1 Å². The van der Waals surface area contributed by atoms with E-state index in [0.717, 1.165) is 11.1 Å². The van der Waals surface area contributed by atoms with Gasteiger partial charge in [-0.2, -0.15) is 0 Å². The number of hydrogen-bond acceptors (Lipinski definition) is 5. The second-order valence-electron chi connectivity index (χ2n) is 6.85. The first-order chi connectivity index (χ1) is 14.1. The Morgan fingerprint density at radius 2 is 2.14 bits per heavy atom. The number of nitrogens with one attached hydrogen (secondary N) is 1. The number of hydrogen-bond donors (Lipinski definition) is 1. The standard InChI is InChI=1S/C22H21FN4O2/c1-3-27-13-18-17(22(27)28)8-10-25-21(18)26-14(2)15-6-7-20(19(23)11-15)29-16-5-4-9-24-12-16/h4-12,14H,3,13H2,1-2H3,(H,25,26)/t14-/m0/s1. The predicted molar refractivity (Wildman–Crippen MR) is 107 cm³/mol. The first-order valence-electron chi connectivity index (χ1n) is 9.48. The molecule has 1 aliphatic rings. The van der Waals surface area contributed by atoms with Gasteiger partial charge in [-0.1, -0.05) is 6.07 Å². The summed E-state index contributed by atoms with van der Waals surface area (Å²) in [7, 11) is 0. The summed E-state index contributed by atoms with van der Waals surface area (Å²) < 4.78 is 20.1. The third-order valence-corrected chi connectivity index (χ3v) is 4.98. The van der Waals surface area contributed by atoms with Crippen LogP contribution in [0.15, 0.2) is 55.0 Å². The summed E-state index contributed by atoms with van der Waals surface area (Å²) >= 11 is 0. The van der Waals surface area contributed by atoms with Crippen LogP contribution in [0.2, 0.25) is 0 Å². The topological polar surface area (TPSA) is 67.3 Å². The van der Waals surface area contributed by atoms with E-state index < -0.39 is 5.82 Å². The molecular weight excluding hydrogens is 371 g/mol. The van der Waals surface area contributed by atoms with Crippen molar-refractivity contribution in [2.75, 3.05) is 11.9 Å². The van der Waals surface area contributed by atoms with E-state index in [0.29, 0.717) is 30.2 Å². The van der Waals surface area contributed by atoms with Crippen LogP contribution >= 0.6 is 0 Å². The van der Waals surface area contributed by atoms with Crippen LogP contribution in [-0.2, 0) is 6.54 Å². The number of halogens is 1. The van der Waals surface area contributed by atoms with Crippen molar-refractivity contribution in [1.82, 2.24) is 14.9 Å². The van der Waals surface area contributed by atoms with Crippen molar-refractivity contribution in [3.8, 4) is 11.5 Å². The fourth-order valence-corrected chi connectivity index (χ4v) is 3.36. The molecule has 6 nitrogen and oxygen atoms in total. The highest BCUT2D eigenvalue weighted by Crippen LogP contribution is 2.31. The summed E-state index contributed by atoms with van der Waals surface area (Å²) in [6, 6.07) is 9.82. The number of nitrogens with zero attached hydrogens (tertiary/aromatic N) is 3. The smallest absolute Gasteiger partial charge is 0.254 e. The lowest BCUT2D eigenvalue weighted by Crippen LogP contribution is -2.22. The number of anilines is 1. The highest BCUT2D eigenvalue weighted by atomic mass is 19.1. The highest BCUT2D eigenvalue weighted by molar-refractivity contribution is 5.99. The molecule has 4 rings (SSSR count). The summed E-state index contributed by atoms with van der Waals surface area (Å²) in [6.07, 6.45) is 4.78. The van der Waals surface area contributed by atoms with Crippen LogP contribution in [0.5, 0.6) is 11.5 Å². The van der Waals surface area contributed by atoms with Gasteiger partial charge in [0, 0.05) is 30.1 Å². The van der Waals surface area contributed by atoms with E-state index in [4.69, 9.17) is 4.74 Å². The molecule has 1 aliphatic heterocycles. The zero-order valence-corrected chi connectivity index (χ0v) is 16.2. The molecular formula is C22H21FN4O2. The van der Waals surface area contributed by atoms with Gasteiger partial charge in [0.2, 0.25) is 0 Å². The average Bonchev–Trinajstić information content (AvgIpc) is 3.07. The summed E-state index contributed by atoms with van der Waals surface area (Å²) in [5, 5.41) is 3.31. The maximum atomic E-state index is 14.6. The van der Waals surface area contributed by atoms with Crippen molar-refractivity contribution in [1.29, 1.82) is 0 Å². The molecule has 1 atom stereocenters. The van der Waals surface area contributed by atoms with Crippen LogP contribution in [0.1, 0.15) is 41.4 Å². The van der Waals surface area contributed by atoms with Crippen molar-refractivity contribution in [2.24, 2.45) is 0 Å². The zero-order valence-electron chi connectivity index (χ0n) is 16.2. The Bertz CT molecular complexity index is 1040. The molecule has 29 heavy (non-hydrogen) atoms. The summed E-state index contributed by atoms with van der Waals surface area (Å²) in [6.45, 7) is 5.04. The van der Waals surface area contributed by atoms with E-state index in [2.05, 4.69) is 15.3 Å². The number of benzene rings is 1. The van der Waals surface area contributed by atoms with E-state index in [1.54, 1.807) is 47.6 Å². The van der Waals surface area contributed by atoms with Gasteiger partial charge in [-0.3, -0.25) is 9.78 Å². The molecule has 3 heterocycles. The summed E-state index contributed by atoms with van der Waals surface area (Å²) in [4.78, 5) is 22.5. The van der Waals surface area contributed by atoms with Crippen molar-refractivity contribution < 1.29 is 13.9 Å². The van der Waals surface area contributed by atoms with E-state index in [9.17, 15) is 9.18 Å². The quantitative estimate of drug-likeness (QED) is 0.666. The van der Waals surface area contributed by atoms with E-state index in [1.165, 1.54) is 12.3 Å². The molecule has 1 aromatic carbocycles. The average molecular weight is 392 g/mol. The number of carbonyl (C=O) groups is 1. The largest absolute Gasteiger partial charge is 0.453 e. The fraction of sp³-hybridized carbons (Fsp3) is 0.227. The molecule has 0 fully saturated rings. The Kier molecular flexibility index (Phi) is 5.12. The molecule has 0 aliphatic carbocycles. The van der Waals surface area contributed by atoms with Gasteiger partial charge >= 0.3 is 0 Å². The number of ether oxygens (including phenoxy) is 1. The SMILES string of the molecule is CCN1Cc2c(ccnc2N[C@@H](C)c2ccc(Oc3cccnc3)c(F)c2)C1=O. The fourth-order valence-electron chi connectivity index (χ4n) is 3.36. The lowest BCUT2D eigenvalue weighted by Gasteiger charge is -2.18. The van der Waals surface area contributed by atoms with Gasteiger partial charge in [-0.25, -0.2) is 9.37 Å². The monoisotopic (exact) mass is 392 g/mol. The van der Waals surface area contributed by atoms with Crippen LogP contribution in [0.4, 0.5) is 10.2 Å². The third kappa shape index (κ3) is 3.76. The van der Waals surface area contributed by atoms with Crippen LogP contribution in [0.3, 0.4) is 0 Å². The minimum Gasteiger partial charge on any atom is -0.453 e. The van der Waals surface area contributed by atoms with Crippen molar-refractivity contribution in [2.45, 2.75) is 26.4 Å². The number of rotatable bonds is 6. The molecule has 0 spiro atoms. The Morgan fingerprint density at radius 1 is 1.28 bits per heavy atom. The van der Waals surface area contributed by atoms with E-state index in [-0.39, 0.29) is 17.7 Å². The molecule has 0 radical (unpaired) electrons. The molecule has 1 N–H and O–H groups in total. The first kappa shape index (κ1) is 18.9. The van der Waals surface area contributed by atoms with Gasteiger partial charge in [-0.15, -0.1) is 0 Å². The molecule has 2 aromatic heterocycles. The molecule has 148 valence electrons. The van der Waals surface area contributed by atoms with E-state index in [1.807, 2.05) is 13.8 Å². The van der Waals surface area contributed by atoms with Gasteiger partial charge in [0.25, 0.3) is 5.91 Å². The third-order valence-electron chi connectivity index (χ3n) is 4.98. The Hall–Kier alpha value is -3.48. The number of aromatic nitrogens is 2. The maximum Gasteiger partial charge on any atom is 0.254 e. The van der Waals surface area contributed by atoms with Crippen molar-refractivity contribution in [3.63, 3.8) is 0 Å². The van der Waals surface area contributed by atoms with Crippen molar-refractivity contribution >= 4 is 11.7 Å². The van der Waals surface area contributed by atoms with E-state index >= 15 is 0 Å². The Balaban J connectivity index is 1.52. The van der Waals surface area contributed by atoms with Gasteiger partial charge in [-0.05, 0) is 49.7 Å². The normalized spacial score (nSPS) is 13.9. The molecule has 3 aromatic rings. The molecule has 7 heteroatoms. The molecule has 0 unspecified atom stereocenters. The summed E-state index contributed by atoms with van der Waals surface area (Å²) in [5.41, 5.74) is 2.29. The molecule has 0 saturated heterocycles. The predicted octanol–water partition coefficient (Wildman–Crippen LogP) is 4.56. The molecule has 1 amide bonds. The maximum absolute atomic E-state index is 14.6. The van der Waals surface area contributed by atoms with Crippen molar-refractivity contribution in [3.05, 3.63) is 77.5 Å². The number of amides is 1. The summed E-state index contributed by atoms with van der Waals surface area (Å²) in [5.74, 6) is 0.814. The molecule has 0 bridgehead atoms. The first-order valence-corrected chi connectivity index (χ1v) is 9.48. The van der Waals surface area contributed by atoms with Gasteiger partial charge in [0.1, 0.15) is 11.6 Å². The Morgan fingerprint density at radius 3 is 2.86 bits per heavy atom. The second-order valence-corrected chi connectivity index (χ2v) is 6.85. The minimum absolute atomic E-state index is 0.0172. The number of carbonyl (C=O) groups excluding carboxylic acids is 1. The highest BCUT2D eigenvalue weighted by Gasteiger charge is 2.29. The lowest BCUT2D eigenvalue weighted by molar-refractivity contribution is 0.0787. The lowest BCUT2D eigenvalue weighted by atomic mass is 10.1. The van der Waals surface area contributed by atoms with Crippen LogP contribution in [-0.4, -0.2) is 27.3 Å². The number of pyridine rings is 2. The number of fused-ring (bicyclic) bond motifs is 1. The van der Waals surface area contributed by atoms with Gasteiger partial charge in [0.05, 0.1) is 18.8 Å². The van der Waals surface area contributed by atoms with Gasteiger partial charge < -0.3 is 15.0 Å². The van der Waals surface area contributed by atoms with Gasteiger partial charge in [0.15, 0.2) is 11.6 Å². The Labute approximate surface area is 168 Å². The van der Waals surface area contributed by atoms with Crippen LogP contribution in [0.25, 0.3) is 0 Å². The zero-order chi connectivity index (χ0) is 20.4.